The fraction of sp³-hybridized carbons (Fsp3) is 0.375. The Morgan fingerprint density at radius 3 is 2.74 bits per heavy atom. The van der Waals surface area contributed by atoms with Gasteiger partial charge in [0.2, 0.25) is 5.95 Å². The average Bonchev–Trinajstić information content (AvgIpc) is 3.10. The molecule has 1 aromatic carbocycles. The predicted octanol–water partition coefficient (Wildman–Crippen LogP) is 3.55. The summed E-state index contributed by atoms with van der Waals surface area (Å²) in [4.78, 5) is 31.0. The molecule has 0 saturated carbocycles. The van der Waals surface area contributed by atoms with Crippen LogP contribution in [-0.4, -0.2) is 35.8 Å². The minimum atomic E-state index is -1.66. The van der Waals surface area contributed by atoms with Crippen molar-refractivity contribution >= 4 is 22.7 Å². The predicted molar refractivity (Wildman–Crippen MR) is 128 cm³/mol. The Labute approximate surface area is 196 Å². The Morgan fingerprint density at radius 1 is 1.15 bits per heavy atom. The topological polar surface area (TPSA) is 103 Å². The molecule has 0 bridgehead atoms. The number of anilines is 2. The maximum Gasteiger partial charge on any atom is 0.278 e. The lowest BCUT2D eigenvalue weighted by Gasteiger charge is -2.18. The summed E-state index contributed by atoms with van der Waals surface area (Å²) in [7, 11) is 0. The zero-order chi connectivity index (χ0) is 24.0. The van der Waals surface area contributed by atoms with Gasteiger partial charge >= 0.3 is 0 Å². The van der Waals surface area contributed by atoms with Gasteiger partial charge in [0.05, 0.1) is 5.69 Å². The molecule has 0 spiro atoms. The van der Waals surface area contributed by atoms with Crippen molar-refractivity contribution in [3.05, 3.63) is 63.8 Å². The molecule has 176 valence electrons. The lowest BCUT2D eigenvalue weighted by molar-refractivity contribution is 0.213. The smallest absolute Gasteiger partial charge is 0.278 e. The Hall–Kier alpha value is -3.66. The van der Waals surface area contributed by atoms with Gasteiger partial charge in [0.1, 0.15) is 11.1 Å². The van der Waals surface area contributed by atoms with E-state index in [1.165, 1.54) is 48.1 Å². The van der Waals surface area contributed by atoms with Gasteiger partial charge in [0.25, 0.3) is 11.5 Å². The minimum Gasteiger partial charge on any atom is -0.324 e. The third-order valence-corrected chi connectivity index (χ3v) is 5.90. The van der Waals surface area contributed by atoms with Crippen LogP contribution in [0.2, 0.25) is 0 Å². The second kappa shape index (κ2) is 8.28. The molecule has 5 rings (SSSR count). The summed E-state index contributed by atoms with van der Waals surface area (Å²) in [6.45, 7) is 8.44. The molecule has 4 aromatic rings. The van der Waals surface area contributed by atoms with Crippen LogP contribution in [0, 0.1) is 0 Å². The number of benzene rings is 1. The SMILES string of the molecule is CC(C)n1c(=O)c2cnc(Nc3ccc4c(c3)CCNC4)nc2n1-c1nccc(C(C)(C)F)n1. The van der Waals surface area contributed by atoms with E-state index in [1.807, 2.05) is 19.9 Å². The number of hydrogen-bond acceptors (Lipinski definition) is 7. The molecule has 9 nitrogen and oxygen atoms in total. The molecule has 34 heavy (non-hydrogen) atoms. The largest absolute Gasteiger partial charge is 0.324 e. The van der Waals surface area contributed by atoms with Gasteiger partial charge in [-0.15, -0.1) is 0 Å². The van der Waals surface area contributed by atoms with Crippen LogP contribution in [0.15, 0.2) is 41.5 Å². The van der Waals surface area contributed by atoms with E-state index >= 15 is 0 Å². The molecule has 0 amide bonds. The van der Waals surface area contributed by atoms with Crippen molar-refractivity contribution in [1.29, 1.82) is 0 Å². The van der Waals surface area contributed by atoms with Crippen LogP contribution in [0.5, 0.6) is 0 Å². The number of nitrogens with zero attached hydrogens (tertiary/aromatic N) is 6. The zero-order valence-corrected chi connectivity index (χ0v) is 19.6. The Bertz CT molecular complexity index is 1430. The number of fused-ring (bicyclic) bond motifs is 2. The third-order valence-electron chi connectivity index (χ3n) is 5.90. The van der Waals surface area contributed by atoms with Gasteiger partial charge in [-0.3, -0.25) is 4.79 Å². The number of halogens is 1. The minimum absolute atomic E-state index is 0.176. The first-order valence-corrected chi connectivity index (χ1v) is 11.3. The highest BCUT2D eigenvalue weighted by Gasteiger charge is 2.25. The maximum atomic E-state index is 14.6. The highest BCUT2D eigenvalue weighted by molar-refractivity contribution is 5.76. The second-order valence-electron chi connectivity index (χ2n) is 9.24. The second-order valence-corrected chi connectivity index (χ2v) is 9.24. The van der Waals surface area contributed by atoms with Crippen LogP contribution < -0.4 is 16.2 Å². The monoisotopic (exact) mass is 462 g/mol. The van der Waals surface area contributed by atoms with Gasteiger partial charge in [-0.25, -0.2) is 24.0 Å². The van der Waals surface area contributed by atoms with Crippen LogP contribution in [0.4, 0.5) is 16.0 Å². The molecule has 4 heterocycles. The van der Waals surface area contributed by atoms with Gasteiger partial charge in [0.15, 0.2) is 5.65 Å². The average molecular weight is 463 g/mol. The summed E-state index contributed by atoms with van der Waals surface area (Å²) in [6.07, 6.45) is 3.95. The first kappa shape index (κ1) is 22.1. The van der Waals surface area contributed by atoms with E-state index in [1.54, 1.807) is 4.68 Å². The Kier molecular flexibility index (Phi) is 5.40. The number of hydrogen-bond donors (Lipinski definition) is 2. The first-order valence-electron chi connectivity index (χ1n) is 11.3. The van der Waals surface area contributed by atoms with Crippen LogP contribution in [0.1, 0.15) is 50.6 Å². The van der Waals surface area contributed by atoms with Crippen LogP contribution in [0.3, 0.4) is 0 Å². The molecule has 2 N–H and O–H groups in total. The van der Waals surface area contributed by atoms with Crippen molar-refractivity contribution in [2.75, 3.05) is 11.9 Å². The van der Waals surface area contributed by atoms with Crippen LogP contribution in [-0.2, 0) is 18.6 Å². The lowest BCUT2D eigenvalue weighted by atomic mass is 10.0. The fourth-order valence-corrected chi connectivity index (χ4v) is 4.18. The van der Waals surface area contributed by atoms with Gasteiger partial charge < -0.3 is 10.6 Å². The van der Waals surface area contributed by atoms with E-state index in [0.717, 1.165) is 25.2 Å². The highest BCUT2D eigenvalue weighted by Crippen LogP contribution is 2.25. The van der Waals surface area contributed by atoms with E-state index < -0.39 is 5.67 Å². The number of rotatable bonds is 5. The molecule has 0 saturated heterocycles. The van der Waals surface area contributed by atoms with Crippen molar-refractivity contribution in [2.45, 2.75) is 52.4 Å². The van der Waals surface area contributed by atoms with Crippen molar-refractivity contribution in [3.63, 3.8) is 0 Å². The number of nitrogens with one attached hydrogen (secondary N) is 2. The van der Waals surface area contributed by atoms with E-state index in [2.05, 4.69) is 42.7 Å². The van der Waals surface area contributed by atoms with Crippen molar-refractivity contribution in [1.82, 2.24) is 34.6 Å². The fourth-order valence-electron chi connectivity index (χ4n) is 4.18. The third kappa shape index (κ3) is 3.94. The van der Waals surface area contributed by atoms with Crippen molar-refractivity contribution in [2.24, 2.45) is 0 Å². The molecule has 0 fully saturated rings. The van der Waals surface area contributed by atoms with E-state index in [9.17, 15) is 9.18 Å². The normalized spacial score (nSPS) is 13.9. The maximum absolute atomic E-state index is 14.6. The molecule has 3 aromatic heterocycles. The molecule has 0 unspecified atom stereocenters. The van der Waals surface area contributed by atoms with Crippen LogP contribution >= 0.6 is 0 Å². The van der Waals surface area contributed by atoms with Gasteiger partial charge in [-0.1, -0.05) is 6.07 Å². The van der Waals surface area contributed by atoms with E-state index in [0.29, 0.717) is 17.0 Å². The van der Waals surface area contributed by atoms with E-state index in [4.69, 9.17) is 0 Å². The molecule has 1 aliphatic rings. The van der Waals surface area contributed by atoms with Gasteiger partial charge in [-0.2, -0.15) is 9.67 Å². The lowest BCUT2D eigenvalue weighted by Crippen LogP contribution is -2.26. The molecule has 1 aliphatic heterocycles. The molecule has 0 radical (unpaired) electrons. The summed E-state index contributed by atoms with van der Waals surface area (Å²) in [6, 6.07) is 7.50. The zero-order valence-electron chi connectivity index (χ0n) is 19.6. The standard InChI is InChI=1S/C24H27FN8O/c1-14(2)32-21(34)18-13-28-22(29-17-6-5-16-12-26-9-7-15(16)11-17)31-20(18)33(32)23-27-10-8-19(30-23)24(3,4)25/h5-6,8,10-11,13-14,26H,7,9,12H2,1-4H3,(H,28,29,31). The quantitative estimate of drug-likeness (QED) is 0.468. The first-order chi connectivity index (χ1) is 16.2. The Morgan fingerprint density at radius 2 is 1.97 bits per heavy atom. The molecule has 0 aliphatic carbocycles. The van der Waals surface area contributed by atoms with Crippen molar-refractivity contribution in [3.8, 4) is 5.95 Å². The summed E-state index contributed by atoms with van der Waals surface area (Å²) < 4.78 is 17.7. The number of alkyl halides is 1. The molecule has 0 atom stereocenters. The van der Waals surface area contributed by atoms with E-state index in [-0.39, 0.29) is 23.2 Å². The molecule has 10 heteroatoms. The summed E-state index contributed by atoms with van der Waals surface area (Å²) in [5.41, 5.74) is 2.09. The van der Waals surface area contributed by atoms with Crippen molar-refractivity contribution < 1.29 is 4.39 Å². The molecular weight excluding hydrogens is 435 g/mol. The number of aromatic nitrogens is 6. The highest BCUT2D eigenvalue weighted by atomic mass is 19.1. The van der Waals surface area contributed by atoms with Gasteiger partial charge in [0, 0.05) is 30.7 Å². The summed E-state index contributed by atoms with van der Waals surface area (Å²) in [5.74, 6) is 0.521. The summed E-state index contributed by atoms with van der Waals surface area (Å²) >= 11 is 0. The molecular formula is C24H27FN8O. The van der Waals surface area contributed by atoms with Gasteiger partial charge in [-0.05, 0) is 70.0 Å². The Balaban J connectivity index is 1.63. The van der Waals surface area contributed by atoms with Crippen LogP contribution in [0.25, 0.3) is 17.0 Å². The summed E-state index contributed by atoms with van der Waals surface area (Å²) in [5, 5.41) is 6.95.